The quantitative estimate of drug-likeness (QED) is 0.816. The van der Waals surface area contributed by atoms with Crippen LogP contribution in [0.5, 0.6) is 0 Å². The summed E-state index contributed by atoms with van der Waals surface area (Å²) < 4.78 is 13.5. The zero-order valence-electron chi connectivity index (χ0n) is 11.3. The zero-order chi connectivity index (χ0) is 14.3. The third-order valence-electron chi connectivity index (χ3n) is 4.69. The normalized spacial score (nSPS) is 25.6. The Morgan fingerprint density at radius 3 is 2.80 bits per heavy atom. The Bertz CT molecular complexity index is 547. The average molecular weight is 278 g/mol. The molecule has 5 heteroatoms. The maximum Gasteiger partial charge on any atom is 0.340 e. The van der Waals surface area contributed by atoms with Crippen molar-refractivity contribution in [1.29, 1.82) is 0 Å². The third kappa shape index (κ3) is 2.01. The first-order valence-electron chi connectivity index (χ1n) is 7.17. The van der Waals surface area contributed by atoms with E-state index in [0.717, 1.165) is 19.4 Å². The summed E-state index contributed by atoms with van der Waals surface area (Å²) in [5.41, 5.74) is 5.88. The molecular weight excluding hydrogens is 259 g/mol. The number of halogens is 1. The summed E-state index contributed by atoms with van der Waals surface area (Å²) in [5, 5.41) is 9.37. The molecule has 0 bridgehead atoms. The van der Waals surface area contributed by atoms with E-state index in [-0.39, 0.29) is 11.3 Å². The number of hydrogen-bond acceptors (Lipinski definition) is 3. The van der Waals surface area contributed by atoms with Crippen LogP contribution in [0.15, 0.2) is 12.1 Å². The number of hydrogen-bond donors (Lipinski definition) is 2. The largest absolute Gasteiger partial charge is 0.478 e. The summed E-state index contributed by atoms with van der Waals surface area (Å²) in [7, 11) is 0. The van der Waals surface area contributed by atoms with Gasteiger partial charge in [-0.05, 0) is 43.7 Å². The SMILES string of the molecule is Nc1c(F)ccc(N2CCCC3CCCC32)c1C(=O)O. The van der Waals surface area contributed by atoms with Gasteiger partial charge in [0.25, 0.3) is 0 Å². The smallest absolute Gasteiger partial charge is 0.340 e. The number of piperidine rings is 1. The van der Waals surface area contributed by atoms with Crippen LogP contribution in [0.4, 0.5) is 15.8 Å². The van der Waals surface area contributed by atoms with Crippen molar-refractivity contribution in [3.63, 3.8) is 0 Å². The van der Waals surface area contributed by atoms with Crippen LogP contribution in [0, 0.1) is 11.7 Å². The van der Waals surface area contributed by atoms with E-state index in [4.69, 9.17) is 5.73 Å². The van der Waals surface area contributed by atoms with Gasteiger partial charge in [-0.1, -0.05) is 6.42 Å². The van der Waals surface area contributed by atoms with E-state index in [9.17, 15) is 14.3 Å². The molecule has 2 fully saturated rings. The number of nitrogen functional groups attached to an aromatic ring is 1. The van der Waals surface area contributed by atoms with Gasteiger partial charge in [0.05, 0.1) is 11.4 Å². The van der Waals surface area contributed by atoms with Crippen molar-refractivity contribution in [2.75, 3.05) is 17.2 Å². The highest BCUT2D eigenvalue weighted by atomic mass is 19.1. The Morgan fingerprint density at radius 1 is 1.30 bits per heavy atom. The lowest BCUT2D eigenvalue weighted by Crippen LogP contribution is -2.43. The van der Waals surface area contributed by atoms with Crippen LogP contribution in [0.3, 0.4) is 0 Å². The topological polar surface area (TPSA) is 66.6 Å². The maximum atomic E-state index is 13.5. The first-order chi connectivity index (χ1) is 9.59. The molecule has 0 aromatic heterocycles. The zero-order valence-corrected chi connectivity index (χ0v) is 11.3. The molecule has 4 nitrogen and oxygen atoms in total. The summed E-state index contributed by atoms with van der Waals surface area (Å²) in [4.78, 5) is 13.6. The predicted molar refractivity (Wildman–Crippen MR) is 75.5 cm³/mol. The van der Waals surface area contributed by atoms with Crippen LogP contribution >= 0.6 is 0 Å². The number of carboxylic acid groups (broad SMARTS) is 1. The highest BCUT2D eigenvalue weighted by molar-refractivity contribution is 6.00. The van der Waals surface area contributed by atoms with Crippen molar-refractivity contribution >= 4 is 17.3 Å². The highest BCUT2D eigenvalue weighted by Gasteiger charge is 2.36. The number of nitrogens with two attached hydrogens (primary N) is 1. The van der Waals surface area contributed by atoms with Gasteiger partial charge in [-0.2, -0.15) is 0 Å². The Balaban J connectivity index is 2.05. The van der Waals surface area contributed by atoms with Gasteiger partial charge < -0.3 is 15.7 Å². The van der Waals surface area contributed by atoms with E-state index in [1.165, 1.54) is 25.3 Å². The van der Waals surface area contributed by atoms with Crippen LogP contribution in [0.25, 0.3) is 0 Å². The summed E-state index contributed by atoms with van der Waals surface area (Å²) in [6.07, 6.45) is 5.74. The molecule has 0 radical (unpaired) electrons. The van der Waals surface area contributed by atoms with Gasteiger partial charge in [-0.15, -0.1) is 0 Å². The molecule has 20 heavy (non-hydrogen) atoms. The summed E-state index contributed by atoms with van der Waals surface area (Å²) >= 11 is 0. The van der Waals surface area contributed by atoms with Crippen molar-refractivity contribution in [2.24, 2.45) is 5.92 Å². The van der Waals surface area contributed by atoms with E-state index in [1.54, 1.807) is 6.07 Å². The lowest BCUT2D eigenvalue weighted by molar-refractivity contribution is 0.0698. The molecule has 1 heterocycles. The molecule has 2 unspecified atom stereocenters. The molecule has 2 atom stereocenters. The van der Waals surface area contributed by atoms with Gasteiger partial charge >= 0.3 is 5.97 Å². The second-order valence-corrected chi connectivity index (χ2v) is 5.75. The maximum absolute atomic E-state index is 13.5. The van der Waals surface area contributed by atoms with Gasteiger partial charge in [0.2, 0.25) is 0 Å². The average Bonchev–Trinajstić information content (AvgIpc) is 2.89. The predicted octanol–water partition coefficient (Wildman–Crippen LogP) is 2.88. The van der Waals surface area contributed by atoms with Crippen LogP contribution in [-0.2, 0) is 0 Å². The Morgan fingerprint density at radius 2 is 2.05 bits per heavy atom. The van der Waals surface area contributed by atoms with Crippen LogP contribution in [0.1, 0.15) is 42.5 Å². The fourth-order valence-electron chi connectivity index (χ4n) is 3.80. The van der Waals surface area contributed by atoms with Crippen molar-refractivity contribution in [3.8, 4) is 0 Å². The van der Waals surface area contributed by atoms with Crippen molar-refractivity contribution in [2.45, 2.75) is 38.1 Å². The lowest BCUT2D eigenvalue weighted by atomic mass is 9.91. The second-order valence-electron chi connectivity index (χ2n) is 5.75. The molecule has 3 N–H and O–H groups in total. The standard InChI is InChI=1S/C15H19FN2O2/c16-10-6-7-12(13(14(10)17)15(19)20)18-8-2-4-9-3-1-5-11(9)18/h6-7,9,11H,1-5,8,17H2,(H,19,20). The molecule has 3 rings (SSSR count). The molecule has 0 amide bonds. The first-order valence-corrected chi connectivity index (χ1v) is 7.17. The molecule has 1 aromatic rings. The van der Waals surface area contributed by atoms with Gasteiger partial charge in [0.1, 0.15) is 11.4 Å². The van der Waals surface area contributed by atoms with E-state index >= 15 is 0 Å². The fourth-order valence-corrected chi connectivity index (χ4v) is 3.80. The van der Waals surface area contributed by atoms with Crippen molar-refractivity contribution < 1.29 is 14.3 Å². The van der Waals surface area contributed by atoms with Gasteiger partial charge in [0, 0.05) is 12.6 Å². The van der Waals surface area contributed by atoms with Gasteiger partial charge in [-0.3, -0.25) is 0 Å². The van der Waals surface area contributed by atoms with E-state index in [0.29, 0.717) is 17.6 Å². The molecule has 0 spiro atoms. The minimum absolute atomic E-state index is 0.0856. The number of anilines is 2. The molecule has 1 saturated heterocycles. The molecule has 1 aliphatic heterocycles. The second kappa shape index (κ2) is 4.96. The van der Waals surface area contributed by atoms with E-state index in [2.05, 4.69) is 4.90 Å². The molecule has 1 aliphatic carbocycles. The minimum atomic E-state index is -1.16. The monoisotopic (exact) mass is 278 g/mol. The van der Waals surface area contributed by atoms with Crippen LogP contribution < -0.4 is 10.6 Å². The molecule has 1 aromatic carbocycles. The number of benzene rings is 1. The third-order valence-corrected chi connectivity index (χ3v) is 4.69. The van der Waals surface area contributed by atoms with Crippen LogP contribution in [-0.4, -0.2) is 23.7 Å². The van der Waals surface area contributed by atoms with Crippen molar-refractivity contribution in [3.05, 3.63) is 23.5 Å². The number of carbonyl (C=O) groups is 1. The van der Waals surface area contributed by atoms with E-state index in [1.807, 2.05) is 0 Å². The Kier molecular flexibility index (Phi) is 3.28. The van der Waals surface area contributed by atoms with E-state index < -0.39 is 11.8 Å². The summed E-state index contributed by atoms with van der Waals surface area (Å²) in [6, 6.07) is 3.22. The Hall–Kier alpha value is -1.78. The Labute approximate surface area is 117 Å². The molecular formula is C15H19FN2O2. The lowest BCUT2D eigenvalue weighted by Gasteiger charge is -2.40. The molecule has 108 valence electrons. The number of rotatable bonds is 2. The number of aromatic carboxylic acids is 1. The van der Waals surface area contributed by atoms with Gasteiger partial charge in [0.15, 0.2) is 0 Å². The van der Waals surface area contributed by atoms with Crippen LogP contribution in [0.2, 0.25) is 0 Å². The molecule has 1 saturated carbocycles. The highest BCUT2D eigenvalue weighted by Crippen LogP contribution is 2.41. The minimum Gasteiger partial charge on any atom is -0.478 e. The number of fused-ring (bicyclic) bond motifs is 1. The van der Waals surface area contributed by atoms with Gasteiger partial charge in [-0.25, -0.2) is 9.18 Å². The summed E-state index contributed by atoms with van der Waals surface area (Å²) in [6.45, 7) is 0.826. The molecule has 2 aliphatic rings. The number of carboxylic acids is 1. The first kappa shape index (κ1) is 13.2. The number of nitrogens with zero attached hydrogens (tertiary/aromatic N) is 1. The summed E-state index contributed by atoms with van der Waals surface area (Å²) in [5.74, 6) is -1.18. The van der Waals surface area contributed by atoms with Crippen molar-refractivity contribution in [1.82, 2.24) is 0 Å². The fraction of sp³-hybridized carbons (Fsp3) is 0.533.